The number of alkyl halides is 1. The zero-order valence-electron chi connectivity index (χ0n) is 14.2. The maximum Gasteiger partial charge on any atom is 0.270 e. The summed E-state index contributed by atoms with van der Waals surface area (Å²) in [4.78, 5) is 29.7. The van der Waals surface area contributed by atoms with Crippen molar-refractivity contribution >= 4 is 17.4 Å². The molecule has 0 aromatic heterocycles. The highest BCUT2D eigenvalue weighted by molar-refractivity contribution is 6.08. The van der Waals surface area contributed by atoms with E-state index in [9.17, 15) is 19.1 Å². The molecule has 0 atom stereocenters. The molecule has 2 rings (SSSR count). The monoisotopic (exact) mass is 339 g/mol. The van der Waals surface area contributed by atoms with Crippen LogP contribution in [0.1, 0.15) is 45.4 Å². The first-order valence-corrected chi connectivity index (χ1v) is 8.46. The molecule has 0 aromatic carbocycles. The third kappa shape index (κ3) is 4.41. The Morgan fingerprint density at radius 2 is 1.92 bits per heavy atom. The summed E-state index contributed by atoms with van der Waals surface area (Å²) in [5.74, 6) is -0.317. The number of Topliss-reactive ketones (excluding diaryl/α,β-unsaturated/α-hetero) is 1. The van der Waals surface area contributed by atoms with Gasteiger partial charge in [0.05, 0.1) is 12.1 Å². The molecule has 2 aliphatic rings. The van der Waals surface area contributed by atoms with Crippen molar-refractivity contribution in [3.8, 4) is 0 Å². The molecule has 7 heteroatoms. The quantitative estimate of drug-likeness (QED) is 0.750. The average molecular weight is 339 g/mol. The molecule has 6 nitrogen and oxygen atoms in total. The predicted octanol–water partition coefficient (Wildman–Crippen LogP) is 1.13. The fourth-order valence-electron chi connectivity index (χ4n) is 3.12. The van der Waals surface area contributed by atoms with Crippen LogP contribution in [0.3, 0.4) is 0 Å². The standard InChI is InChI=1S/C17H26FN3O3/c1-12(22)10-20-14-5-3-2-4-13(14)15(19)16(23)21-8-6-17(24,11-18)7-9-21/h24H,2-11,19H2,1H3/b15-13-,20-14?. The Labute approximate surface area is 141 Å². The van der Waals surface area contributed by atoms with E-state index in [1.165, 1.54) is 6.92 Å². The van der Waals surface area contributed by atoms with Crippen molar-refractivity contribution in [3.05, 3.63) is 11.3 Å². The Bertz CT molecular complexity index is 563. The smallest absolute Gasteiger partial charge is 0.270 e. The van der Waals surface area contributed by atoms with E-state index < -0.39 is 12.3 Å². The second-order valence-corrected chi connectivity index (χ2v) is 6.71. The highest BCUT2D eigenvalue weighted by Crippen LogP contribution is 2.26. The number of aliphatic hydroxyl groups is 1. The first-order valence-electron chi connectivity index (χ1n) is 8.46. The minimum atomic E-state index is -1.32. The SMILES string of the molecule is CC(=O)CN=C1CCCC/C1=C(/N)C(=O)N1CCC(O)(CF)CC1. The molecule has 2 fully saturated rings. The molecule has 1 aliphatic heterocycles. The van der Waals surface area contributed by atoms with Gasteiger partial charge in [0, 0.05) is 24.4 Å². The molecule has 0 radical (unpaired) electrons. The van der Waals surface area contributed by atoms with Crippen LogP contribution < -0.4 is 5.73 Å². The number of amides is 1. The van der Waals surface area contributed by atoms with E-state index in [-0.39, 0.29) is 49.9 Å². The first-order chi connectivity index (χ1) is 11.4. The largest absolute Gasteiger partial charge is 0.394 e. The van der Waals surface area contributed by atoms with E-state index >= 15 is 0 Å². The number of piperidine rings is 1. The van der Waals surface area contributed by atoms with Crippen LogP contribution in [-0.2, 0) is 9.59 Å². The Hall–Kier alpha value is -1.76. The van der Waals surface area contributed by atoms with Crippen molar-refractivity contribution in [3.63, 3.8) is 0 Å². The third-order valence-electron chi connectivity index (χ3n) is 4.72. The first kappa shape index (κ1) is 18.6. The predicted molar refractivity (Wildman–Crippen MR) is 89.4 cm³/mol. The van der Waals surface area contributed by atoms with Crippen LogP contribution in [0.2, 0.25) is 0 Å². The molecular weight excluding hydrogens is 313 g/mol. The van der Waals surface area contributed by atoms with Crippen LogP contribution >= 0.6 is 0 Å². The highest BCUT2D eigenvalue weighted by Gasteiger charge is 2.35. The van der Waals surface area contributed by atoms with Crippen LogP contribution in [0.15, 0.2) is 16.3 Å². The summed E-state index contributed by atoms with van der Waals surface area (Å²) < 4.78 is 12.8. The third-order valence-corrected chi connectivity index (χ3v) is 4.72. The molecule has 1 aliphatic carbocycles. The maximum atomic E-state index is 12.8. The Kier molecular flexibility index (Phi) is 6.10. The number of nitrogens with two attached hydrogens (primary N) is 1. The Balaban J connectivity index is 2.13. The van der Waals surface area contributed by atoms with Gasteiger partial charge in [-0.2, -0.15) is 0 Å². The number of halogens is 1. The minimum Gasteiger partial charge on any atom is -0.394 e. The average Bonchev–Trinajstić information content (AvgIpc) is 2.59. The van der Waals surface area contributed by atoms with Crippen LogP contribution in [0.4, 0.5) is 4.39 Å². The summed E-state index contributed by atoms with van der Waals surface area (Å²) >= 11 is 0. The number of hydrogen-bond donors (Lipinski definition) is 2. The molecule has 1 amide bonds. The second-order valence-electron chi connectivity index (χ2n) is 6.71. The van der Waals surface area contributed by atoms with E-state index in [2.05, 4.69) is 4.99 Å². The number of rotatable bonds is 4. The van der Waals surface area contributed by atoms with Crippen molar-refractivity contribution in [2.45, 2.75) is 51.0 Å². The van der Waals surface area contributed by atoms with Gasteiger partial charge in [0.15, 0.2) is 5.78 Å². The van der Waals surface area contributed by atoms with Gasteiger partial charge in [-0.1, -0.05) is 0 Å². The molecule has 0 spiro atoms. The molecular formula is C17H26FN3O3. The van der Waals surface area contributed by atoms with Crippen molar-refractivity contribution in [2.75, 3.05) is 26.3 Å². The maximum absolute atomic E-state index is 12.8. The minimum absolute atomic E-state index is 0.0288. The number of nitrogens with zero attached hydrogens (tertiary/aromatic N) is 2. The van der Waals surface area contributed by atoms with Gasteiger partial charge in [0.1, 0.15) is 12.4 Å². The zero-order valence-corrected chi connectivity index (χ0v) is 14.2. The lowest BCUT2D eigenvalue weighted by Gasteiger charge is -2.36. The number of allylic oxidation sites excluding steroid dienone is 1. The lowest BCUT2D eigenvalue weighted by molar-refractivity contribution is -0.132. The van der Waals surface area contributed by atoms with E-state index in [1.807, 2.05) is 0 Å². The summed E-state index contributed by atoms with van der Waals surface area (Å²) in [6.45, 7) is 1.35. The fraction of sp³-hybridized carbons (Fsp3) is 0.706. The summed E-state index contributed by atoms with van der Waals surface area (Å²) in [5, 5.41) is 9.92. The molecule has 24 heavy (non-hydrogen) atoms. The number of likely N-dealkylation sites (tertiary alicyclic amines) is 1. The van der Waals surface area contributed by atoms with E-state index in [0.717, 1.165) is 30.5 Å². The summed E-state index contributed by atoms with van der Waals surface area (Å²) in [5.41, 5.74) is 6.44. The number of carbonyl (C=O) groups excluding carboxylic acids is 2. The number of ketones is 1. The molecule has 134 valence electrons. The number of carbonyl (C=O) groups is 2. The molecule has 0 bridgehead atoms. The van der Waals surface area contributed by atoms with Crippen LogP contribution in [0.5, 0.6) is 0 Å². The highest BCUT2D eigenvalue weighted by atomic mass is 19.1. The topological polar surface area (TPSA) is 96.0 Å². The molecule has 0 aromatic rings. The van der Waals surface area contributed by atoms with Crippen LogP contribution in [0, 0.1) is 0 Å². The lowest BCUT2D eigenvalue weighted by Crippen LogP contribution is -2.49. The van der Waals surface area contributed by atoms with E-state index in [4.69, 9.17) is 5.73 Å². The number of aliphatic imine (C=N–C) groups is 1. The van der Waals surface area contributed by atoms with Gasteiger partial charge in [-0.25, -0.2) is 4.39 Å². The molecule has 1 heterocycles. The van der Waals surface area contributed by atoms with Crippen molar-refractivity contribution in [1.82, 2.24) is 4.90 Å². The number of hydrogen-bond acceptors (Lipinski definition) is 5. The normalized spacial score (nSPS) is 24.8. The molecule has 3 N–H and O–H groups in total. The Morgan fingerprint density at radius 1 is 1.29 bits per heavy atom. The van der Waals surface area contributed by atoms with Gasteiger partial charge in [-0.3, -0.25) is 14.6 Å². The van der Waals surface area contributed by atoms with Crippen LogP contribution in [0.25, 0.3) is 0 Å². The second kappa shape index (κ2) is 7.88. The summed E-state index contributed by atoms with van der Waals surface area (Å²) in [6.07, 6.45) is 3.72. The van der Waals surface area contributed by atoms with Gasteiger partial charge in [-0.15, -0.1) is 0 Å². The molecule has 0 unspecified atom stereocenters. The van der Waals surface area contributed by atoms with Gasteiger partial charge >= 0.3 is 0 Å². The Morgan fingerprint density at radius 3 is 2.50 bits per heavy atom. The summed E-state index contributed by atoms with van der Waals surface area (Å²) in [6, 6.07) is 0. The van der Waals surface area contributed by atoms with Gasteiger partial charge < -0.3 is 15.7 Å². The lowest BCUT2D eigenvalue weighted by atomic mass is 9.89. The van der Waals surface area contributed by atoms with Crippen molar-refractivity contribution in [2.24, 2.45) is 10.7 Å². The zero-order chi connectivity index (χ0) is 17.7. The fourth-order valence-corrected chi connectivity index (χ4v) is 3.12. The van der Waals surface area contributed by atoms with E-state index in [0.29, 0.717) is 6.42 Å². The van der Waals surface area contributed by atoms with Crippen molar-refractivity contribution in [1.29, 1.82) is 0 Å². The van der Waals surface area contributed by atoms with Crippen LogP contribution in [-0.4, -0.2) is 59.3 Å². The van der Waals surface area contributed by atoms with Crippen molar-refractivity contribution < 1.29 is 19.1 Å². The van der Waals surface area contributed by atoms with Gasteiger partial charge in [-0.05, 0) is 45.4 Å². The van der Waals surface area contributed by atoms with E-state index in [1.54, 1.807) is 4.90 Å². The van der Waals surface area contributed by atoms with Gasteiger partial charge in [0.25, 0.3) is 5.91 Å². The summed E-state index contributed by atoms with van der Waals surface area (Å²) in [7, 11) is 0. The van der Waals surface area contributed by atoms with Gasteiger partial charge in [0.2, 0.25) is 0 Å². The molecule has 1 saturated heterocycles. The molecule has 1 saturated carbocycles.